The minimum absolute atomic E-state index is 0.00639. The Morgan fingerprint density at radius 3 is 2.93 bits per heavy atom. The molecule has 0 radical (unpaired) electrons. The molecule has 1 atom stereocenters. The zero-order chi connectivity index (χ0) is 10.7. The maximum atomic E-state index is 11.9. The van der Waals surface area contributed by atoms with Crippen LogP contribution in [-0.2, 0) is 0 Å². The number of carbonyl (C=O) groups is 1. The summed E-state index contributed by atoms with van der Waals surface area (Å²) in [5, 5.41) is 3.03. The zero-order valence-electron chi connectivity index (χ0n) is 8.27. The first-order valence-electron chi connectivity index (χ1n) is 4.94. The van der Waals surface area contributed by atoms with Crippen LogP contribution in [0.25, 0.3) is 0 Å². The topological polar surface area (TPSA) is 29.1 Å². The number of benzene rings is 1. The first-order valence-corrected chi connectivity index (χ1v) is 6.54. The molecule has 0 aromatic heterocycles. The van der Waals surface area contributed by atoms with E-state index in [1.54, 1.807) is 6.07 Å². The fraction of sp³-hybridized carbons (Fsp3) is 0.364. The molecule has 1 heterocycles. The van der Waals surface area contributed by atoms with Gasteiger partial charge in [0.05, 0.1) is 5.56 Å². The molecular weight excluding hydrogens is 226 g/mol. The number of hydrogen-bond donors (Lipinski definition) is 2. The minimum atomic E-state index is -0.00639. The van der Waals surface area contributed by atoms with Gasteiger partial charge >= 0.3 is 0 Å². The molecule has 2 rings (SSSR count). The summed E-state index contributed by atoms with van der Waals surface area (Å²) in [6.07, 6.45) is 1.07. The van der Waals surface area contributed by atoms with Crippen LogP contribution in [0.2, 0.25) is 0 Å². The Balaban J connectivity index is 2.04. The summed E-state index contributed by atoms with van der Waals surface area (Å²) in [4.78, 5) is 12.6. The van der Waals surface area contributed by atoms with E-state index >= 15 is 0 Å². The van der Waals surface area contributed by atoms with Gasteiger partial charge in [-0.15, -0.1) is 12.6 Å². The van der Waals surface area contributed by atoms with Crippen molar-refractivity contribution < 1.29 is 4.79 Å². The van der Waals surface area contributed by atoms with Crippen LogP contribution in [0.4, 0.5) is 0 Å². The van der Waals surface area contributed by atoms with E-state index in [1.165, 1.54) is 0 Å². The number of nitrogens with one attached hydrogen (secondary N) is 1. The quantitative estimate of drug-likeness (QED) is 0.775. The van der Waals surface area contributed by atoms with Gasteiger partial charge in [-0.1, -0.05) is 12.1 Å². The smallest absolute Gasteiger partial charge is 0.252 e. The second-order valence-electron chi connectivity index (χ2n) is 3.55. The summed E-state index contributed by atoms with van der Waals surface area (Å²) < 4.78 is 0. The predicted molar refractivity (Wildman–Crippen MR) is 66.9 cm³/mol. The molecule has 15 heavy (non-hydrogen) atoms. The van der Waals surface area contributed by atoms with E-state index in [0.29, 0.717) is 11.6 Å². The Kier molecular flexibility index (Phi) is 3.59. The number of thioether (sulfide) groups is 1. The lowest BCUT2D eigenvalue weighted by molar-refractivity contribution is 0.0938. The van der Waals surface area contributed by atoms with Crippen LogP contribution >= 0.6 is 24.4 Å². The molecule has 1 amide bonds. The fourth-order valence-electron chi connectivity index (χ4n) is 1.58. The molecule has 1 aliphatic rings. The predicted octanol–water partition coefficient (Wildman–Crippen LogP) is 2.21. The number of rotatable bonds is 2. The van der Waals surface area contributed by atoms with Crippen LogP contribution in [0.15, 0.2) is 29.2 Å². The molecule has 80 valence electrons. The Bertz CT molecular complexity index is 361. The van der Waals surface area contributed by atoms with Crippen molar-refractivity contribution in [1.29, 1.82) is 0 Å². The summed E-state index contributed by atoms with van der Waals surface area (Å²) >= 11 is 6.16. The third kappa shape index (κ3) is 2.69. The fourth-order valence-corrected chi connectivity index (χ4v) is 2.99. The van der Waals surface area contributed by atoms with Crippen LogP contribution in [0.1, 0.15) is 16.8 Å². The molecule has 2 nitrogen and oxygen atoms in total. The van der Waals surface area contributed by atoms with Crippen molar-refractivity contribution in [3.63, 3.8) is 0 Å². The number of hydrogen-bond acceptors (Lipinski definition) is 3. The molecule has 1 saturated heterocycles. The largest absolute Gasteiger partial charge is 0.348 e. The van der Waals surface area contributed by atoms with Crippen molar-refractivity contribution in [2.24, 2.45) is 0 Å². The van der Waals surface area contributed by atoms with Crippen molar-refractivity contribution in [3.05, 3.63) is 29.8 Å². The molecule has 4 heteroatoms. The highest BCUT2D eigenvalue weighted by Gasteiger charge is 2.18. The van der Waals surface area contributed by atoms with Gasteiger partial charge in [0.15, 0.2) is 0 Å². The Morgan fingerprint density at radius 1 is 1.47 bits per heavy atom. The van der Waals surface area contributed by atoms with Crippen molar-refractivity contribution >= 4 is 30.3 Å². The molecule has 0 saturated carbocycles. The molecule has 1 fully saturated rings. The third-order valence-corrected chi connectivity index (χ3v) is 3.97. The van der Waals surface area contributed by atoms with Gasteiger partial charge in [0.1, 0.15) is 0 Å². The van der Waals surface area contributed by atoms with Crippen LogP contribution in [0, 0.1) is 0 Å². The molecular formula is C11H13NOS2. The van der Waals surface area contributed by atoms with Crippen LogP contribution in [-0.4, -0.2) is 23.5 Å². The van der Waals surface area contributed by atoms with E-state index in [1.807, 2.05) is 30.0 Å². The van der Waals surface area contributed by atoms with Crippen LogP contribution in [0.3, 0.4) is 0 Å². The highest BCUT2D eigenvalue weighted by Crippen LogP contribution is 2.18. The van der Waals surface area contributed by atoms with Gasteiger partial charge in [-0.05, 0) is 24.3 Å². The van der Waals surface area contributed by atoms with E-state index in [4.69, 9.17) is 0 Å². The normalized spacial score (nSPS) is 20.2. The first kappa shape index (κ1) is 10.9. The lowest BCUT2D eigenvalue weighted by Gasteiger charge is -2.12. The van der Waals surface area contributed by atoms with Gasteiger partial charge in [-0.25, -0.2) is 0 Å². The van der Waals surface area contributed by atoms with Crippen molar-refractivity contribution in [2.45, 2.75) is 17.4 Å². The monoisotopic (exact) mass is 239 g/mol. The van der Waals surface area contributed by atoms with Gasteiger partial charge < -0.3 is 5.32 Å². The Labute approximate surface area is 99.2 Å². The lowest BCUT2D eigenvalue weighted by atomic mass is 10.2. The van der Waals surface area contributed by atoms with E-state index in [-0.39, 0.29) is 5.91 Å². The average molecular weight is 239 g/mol. The maximum Gasteiger partial charge on any atom is 0.252 e. The zero-order valence-corrected chi connectivity index (χ0v) is 9.98. The number of thiol groups is 1. The standard InChI is InChI=1S/C11H13NOS2/c13-11(12-8-5-6-15-7-8)9-3-1-2-4-10(9)14/h1-4,8,14H,5-7H2,(H,12,13). The Morgan fingerprint density at radius 2 is 2.27 bits per heavy atom. The molecule has 1 unspecified atom stereocenters. The van der Waals surface area contributed by atoms with E-state index in [2.05, 4.69) is 17.9 Å². The summed E-state index contributed by atoms with van der Waals surface area (Å²) in [6.45, 7) is 0. The summed E-state index contributed by atoms with van der Waals surface area (Å²) in [7, 11) is 0. The number of carbonyl (C=O) groups excluding carboxylic acids is 1. The second-order valence-corrected chi connectivity index (χ2v) is 5.18. The minimum Gasteiger partial charge on any atom is -0.348 e. The van der Waals surface area contributed by atoms with E-state index in [9.17, 15) is 4.79 Å². The first-order chi connectivity index (χ1) is 7.27. The number of amides is 1. The summed E-state index contributed by atoms with van der Waals surface area (Å²) in [5.41, 5.74) is 0.665. The molecule has 1 aromatic rings. The second kappa shape index (κ2) is 4.94. The lowest BCUT2D eigenvalue weighted by Crippen LogP contribution is -2.34. The molecule has 0 spiro atoms. The van der Waals surface area contributed by atoms with Crippen LogP contribution < -0.4 is 5.32 Å². The van der Waals surface area contributed by atoms with Gasteiger partial charge in [0.2, 0.25) is 0 Å². The summed E-state index contributed by atoms with van der Waals surface area (Å²) in [5.74, 6) is 2.17. The molecule has 1 aliphatic heterocycles. The summed E-state index contributed by atoms with van der Waals surface area (Å²) in [6, 6.07) is 7.71. The van der Waals surface area contributed by atoms with Gasteiger partial charge in [0, 0.05) is 16.7 Å². The molecule has 1 N–H and O–H groups in total. The third-order valence-electron chi connectivity index (χ3n) is 2.41. The molecule has 1 aromatic carbocycles. The van der Waals surface area contributed by atoms with Gasteiger partial charge in [-0.3, -0.25) is 4.79 Å². The molecule has 0 bridgehead atoms. The highest BCUT2D eigenvalue weighted by atomic mass is 32.2. The van der Waals surface area contributed by atoms with E-state index < -0.39 is 0 Å². The molecule has 0 aliphatic carbocycles. The average Bonchev–Trinajstić information content (AvgIpc) is 2.71. The Hall–Kier alpha value is -0.610. The van der Waals surface area contributed by atoms with Gasteiger partial charge in [0.25, 0.3) is 5.91 Å². The van der Waals surface area contributed by atoms with Crippen LogP contribution in [0.5, 0.6) is 0 Å². The SMILES string of the molecule is O=C(NC1CCSC1)c1ccccc1S. The van der Waals surface area contributed by atoms with Crippen molar-refractivity contribution in [2.75, 3.05) is 11.5 Å². The van der Waals surface area contributed by atoms with Crippen molar-refractivity contribution in [1.82, 2.24) is 5.32 Å². The van der Waals surface area contributed by atoms with E-state index in [0.717, 1.165) is 22.8 Å². The maximum absolute atomic E-state index is 11.9. The highest BCUT2D eigenvalue weighted by molar-refractivity contribution is 7.99. The van der Waals surface area contributed by atoms with Gasteiger partial charge in [-0.2, -0.15) is 11.8 Å². The van der Waals surface area contributed by atoms with Crippen molar-refractivity contribution in [3.8, 4) is 0 Å².